The third-order valence-corrected chi connectivity index (χ3v) is 2.59. The molecule has 1 aromatic carbocycles. The topological polar surface area (TPSA) is 72.0 Å². The van der Waals surface area contributed by atoms with Gasteiger partial charge in [-0.05, 0) is 30.2 Å². The van der Waals surface area contributed by atoms with Crippen LogP contribution in [-0.2, 0) is 0 Å². The first-order valence-corrected chi connectivity index (χ1v) is 6.52. The van der Waals surface area contributed by atoms with E-state index in [1.54, 1.807) is 13.3 Å². The van der Waals surface area contributed by atoms with Gasteiger partial charge in [-0.3, -0.25) is 0 Å². The molecule has 2 N–H and O–H groups in total. The lowest BCUT2D eigenvalue weighted by atomic mass is 10.2. The van der Waals surface area contributed by atoms with Gasteiger partial charge >= 0.3 is 0 Å². The predicted octanol–water partition coefficient (Wildman–Crippen LogP) is 2.69. The van der Waals surface area contributed by atoms with Gasteiger partial charge in [0.2, 0.25) is 5.95 Å². The summed E-state index contributed by atoms with van der Waals surface area (Å²) in [6, 6.07) is 7.61. The molecule has 2 aromatic rings. The molecule has 106 valence electrons. The molecule has 2 rings (SSSR count). The van der Waals surface area contributed by atoms with E-state index in [2.05, 4.69) is 39.7 Å². The Morgan fingerprint density at radius 3 is 2.60 bits per heavy atom. The van der Waals surface area contributed by atoms with Gasteiger partial charge < -0.3 is 15.4 Å². The summed E-state index contributed by atoms with van der Waals surface area (Å²) in [7, 11) is 1.64. The van der Waals surface area contributed by atoms with Crippen LogP contribution in [0.4, 0.5) is 17.5 Å². The lowest BCUT2D eigenvalue weighted by Gasteiger charge is -2.09. The maximum Gasteiger partial charge on any atom is 0.244 e. The summed E-state index contributed by atoms with van der Waals surface area (Å²) in [5, 5.41) is 14.2. The monoisotopic (exact) mass is 273 g/mol. The molecule has 0 saturated heterocycles. The minimum atomic E-state index is 0.525. The van der Waals surface area contributed by atoms with Crippen molar-refractivity contribution in [3.8, 4) is 5.75 Å². The van der Waals surface area contributed by atoms with Crippen LogP contribution in [0.3, 0.4) is 0 Å². The van der Waals surface area contributed by atoms with Crippen LogP contribution in [0.15, 0.2) is 30.5 Å². The molecule has 0 saturated carbocycles. The van der Waals surface area contributed by atoms with E-state index in [9.17, 15) is 0 Å². The van der Waals surface area contributed by atoms with E-state index < -0.39 is 0 Å². The molecule has 0 unspecified atom stereocenters. The van der Waals surface area contributed by atoms with Gasteiger partial charge in [-0.15, -0.1) is 5.10 Å². The summed E-state index contributed by atoms with van der Waals surface area (Å²) < 4.78 is 5.12. The molecule has 0 atom stereocenters. The molecule has 1 aromatic heterocycles. The summed E-state index contributed by atoms with van der Waals surface area (Å²) >= 11 is 0. The Labute approximate surface area is 118 Å². The van der Waals surface area contributed by atoms with E-state index in [0.717, 1.165) is 18.0 Å². The van der Waals surface area contributed by atoms with E-state index in [-0.39, 0.29) is 0 Å². The second-order valence-electron chi connectivity index (χ2n) is 4.79. The Balaban J connectivity index is 2.02. The number of benzene rings is 1. The molecular weight excluding hydrogens is 254 g/mol. The van der Waals surface area contributed by atoms with Crippen LogP contribution in [0.5, 0.6) is 5.75 Å². The molecule has 6 heteroatoms. The van der Waals surface area contributed by atoms with Crippen LogP contribution in [0, 0.1) is 5.92 Å². The van der Waals surface area contributed by atoms with E-state index in [0.29, 0.717) is 17.7 Å². The van der Waals surface area contributed by atoms with Crippen molar-refractivity contribution >= 4 is 17.5 Å². The van der Waals surface area contributed by atoms with Crippen LogP contribution in [0.2, 0.25) is 0 Å². The predicted molar refractivity (Wildman–Crippen MR) is 79.4 cm³/mol. The van der Waals surface area contributed by atoms with Gasteiger partial charge in [0.05, 0.1) is 13.3 Å². The standard InChI is InChI=1S/C14H19N5O/c1-10(2)8-15-14-18-13(9-16-19-14)17-11-4-6-12(20-3)7-5-11/h4-7,9-10H,8H2,1-3H3,(H2,15,17,18,19). The zero-order valence-electron chi connectivity index (χ0n) is 11.9. The largest absolute Gasteiger partial charge is 0.497 e. The molecule has 20 heavy (non-hydrogen) atoms. The SMILES string of the molecule is COc1ccc(Nc2cnnc(NCC(C)C)n2)cc1. The molecule has 0 aliphatic carbocycles. The van der Waals surface area contributed by atoms with Crippen molar-refractivity contribution < 1.29 is 4.74 Å². The summed E-state index contributed by atoms with van der Waals surface area (Å²) in [5.74, 6) is 2.51. The maximum absolute atomic E-state index is 5.12. The molecule has 0 amide bonds. The molecule has 0 bridgehead atoms. The minimum Gasteiger partial charge on any atom is -0.497 e. The van der Waals surface area contributed by atoms with Crippen molar-refractivity contribution in [1.82, 2.24) is 15.2 Å². The van der Waals surface area contributed by atoms with Gasteiger partial charge in [-0.1, -0.05) is 13.8 Å². The average Bonchev–Trinajstić information content (AvgIpc) is 2.46. The first-order chi connectivity index (χ1) is 9.67. The number of nitrogens with zero attached hydrogens (tertiary/aromatic N) is 3. The molecule has 0 spiro atoms. The number of hydrogen-bond acceptors (Lipinski definition) is 6. The van der Waals surface area contributed by atoms with Gasteiger partial charge in [0.25, 0.3) is 0 Å². The molecule has 1 heterocycles. The molecule has 0 fully saturated rings. The Morgan fingerprint density at radius 1 is 1.20 bits per heavy atom. The second kappa shape index (κ2) is 6.70. The Morgan fingerprint density at radius 2 is 1.95 bits per heavy atom. The summed E-state index contributed by atoms with van der Waals surface area (Å²) in [4.78, 5) is 4.36. The van der Waals surface area contributed by atoms with Gasteiger partial charge in [-0.25, -0.2) is 0 Å². The highest BCUT2D eigenvalue weighted by atomic mass is 16.5. The zero-order chi connectivity index (χ0) is 14.4. The van der Waals surface area contributed by atoms with Gasteiger partial charge in [-0.2, -0.15) is 10.1 Å². The highest BCUT2D eigenvalue weighted by molar-refractivity contribution is 5.57. The second-order valence-corrected chi connectivity index (χ2v) is 4.79. The average molecular weight is 273 g/mol. The number of hydrogen-bond donors (Lipinski definition) is 2. The lowest BCUT2D eigenvalue weighted by Crippen LogP contribution is -2.11. The quantitative estimate of drug-likeness (QED) is 0.843. The Hall–Kier alpha value is -2.37. The number of rotatable bonds is 6. The fourth-order valence-corrected chi connectivity index (χ4v) is 1.56. The smallest absolute Gasteiger partial charge is 0.244 e. The number of ether oxygens (including phenoxy) is 1. The number of methoxy groups -OCH3 is 1. The minimum absolute atomic E-state index is 0.525. The van der Waals surface area contributed by atoms with Gasteiger partial charge in [0, 0.05) is 12.2 Å². The first-order valence-electron chi connectivity index (χ1n) is 6.52. The summed E-state index contributed by atoms with van der Waals surface area (Å²) in [6.07, 6.45) is 1.59. The van der Waals surface area contributed by atoms with Crippen molar-refractivity contribution in [3.05, 3.63) is 30.5 Å². The molecule has 0 radical (unpaired) electrons. The molecule has 6 nitrogen and oxygen atoms in total. The van der Waals surface area contributed by atoms with E-state index in [1.165, 1.54) is 0 Å². The Kier molecular flexibility index (Phi) is 4.70. The van der Waals surface area contributed by atoms with E-state index >= 15 is 0 Å². The van der Waals surface area contributed by atoms with Crippen LogP contribution >= 0.6 is 0 Å². The van der Waals surface area contributed by atoms with E-state index in [4.69, 9.17) is 4.74 Å². The Bertz CT molecular complexity index is 542. The highest BCUT2D eigenvalue weighted by Crippen LogP contribution is 2.18. The number of aromatic nitrogens is 3. The van der Waals surface area contributed by atoms with Gasteiger partial charge in [0.1, 0.15) is 5.75 Å². The number of anilines is 3. The summed E-state index contributed by atoms with van der Waals surface area (Å²) in [6.45, 7) is 5.06. The maximum atomic E-state index is 5.12. The third kappa shape index (κ3) is 4.08. The first kappa shape index (κ1) is 14.0. The lowest BCUT2D eigenvalue weighted by molar-refractivity contribution is 0.415. The van der Waals surface area contributed by atoms with Crippen LogP contribution < -0.4 is 15.4 Å². The third-order valence-electron chi connectivity index (χ3n) is 2.59. The fraction of sp³-hybridized carbons (Fsp3) is 0.357. The highest BCUT2D eigenvalue weighted by Gasteiger charge is 2.02. The van der Waals surface area contributed by atoms with Gasteiger partial charge in [0.15, 0.2) is 5.82 Å². The molecule has 0 aliphatic rings. The van der Waals surface area contributed by atoms with Crippen molar-refractivity contribution in [1.29, 1.82) is 0 Å². The van der Waals surface area contributed by atoms with Crippen LogP contribution in [-0.4, -0.2) is 28.8 Å². The van der Waals surface area contributed by atoms with E-state index in [1.807, 2.05) is 24.3 Å². The van der Waals surface area contributed by atoms with Crippen molar-refractivity contribution in [2.24, 2.45) is 5.92 Å². The molecule has 0 aliphatic heterocycles. The molecular formula is C14H19N5O. The summed E-state index contributed by atoms with van der Waals surface area (Å²) in [5.41, 5.74) is 0.918. The number of nitrogens with one attached hydrogen (secondary N) is 2. The van der Waals surface area contributed by atoms with Crippen LogP contribution in [0.1, 0.15) is 13.8 Å². The van der Waals surface area contributed by atoms with Crippen LogP contribution in [0.25, 0.3) is 0 Å². The van der Waals surface area contributed by atoms with Crippen molar-refractivity contribution in [2.75, 3.05) is 24.3 Å². The van der Waals surface area contributed by atoms with Crippen molar-refractivity contribution in [2.45, 2.75) is 13.8 Å². The normalized spacial score (nSPS) is 10.4. The fourth-order valence-electron chi connectivity index (χ4n) is 1.56. The van der Waals surface area contributed by atoms with Crippen molar-refractivity contribution in [3.63, 3.8) is 0 Å². The zero-order valence-corrected chi connectivity index (χ0v) is 11.9.